The van der Waals surface area contributed by atoms with Gasteiger partial charge in [0.1, 0.15) is 0 Å². The molecule has 2 rings (SSSR count). The van der Waals surface area contributed by atoms with Crippen LogP contribution in [0.1, 0.15) is 25.0 Å². The van der Waals surface area contributed by atoms with Crippen LogP contribution in [0.25, 0.3) is 0 Å². The first-order valence-electron chi connectivity index (χ1n) is 4.93. The number of pyridine rings is 1. The molecule has 0 aromatic carbocycles. The van der Waals surface area contributed by atoms with E-state index in [0.29, 0.717) is 5.88 Å². The van der Waals surface area contributed by atoms with Crippen LogP contribution in [-0.2, 0) is 5.41 Å². The number of aromatic nitrogens is 1. The number of hydrogen-bond donors (Lipinski definition) is 1. The number of rotatable bonds is 3. The first-order chi connectivity index (χ1) is 6.80. The van der Waals surface area contributed by atoms with Gasteiger partial charge in [-0.15, -0.1) is 0 Å². The summed E-state index contributed by atoms with van der Waals surface area (Å²) in [4.78, 5) is 4.37. The van der Waals surface area contributed by atoms with Crippen molar-refractivity contribution in [1.82, 2.24) is 4.98 Å². The second-order valence-electron chi connectivity index (χ2n) is 3.86. The Labute approximate surface area is 83.7 Å². The Morgan fingerprint density at radius 3 is 2.79 bits per heavy atom. The van der Waals surface area contributed by atoms with Gasteiger partial charge in [-0.3, -0.25) is 0 Å². The van der Waals surface area contributed by atoms with Crippen molar-refractivity contribution in [3.8, 4) is 5.88 Å². The summed E-state index contributed by atoms with van der Waals surface area (Å²) in [6, 6.07) is 5.72. The van der Waals surface area contributed by atoms with Gasteiger partial charge in [-0.25, -0.2) is 4.98 Å². The number of nitrogens with zero attached hydrogens (tertiary/aromatic N) is 1. The monoisotopic (exact) mass is 193 g/mol. The van der Waals surface area contributed by atoms with Gasteiger partial charge in [0, 0.05) is 11.5 Å². The molecule has 3 heteroatoms. The minimum absolute atomic E-state index is 0.0887. The summed E-state index contributed by atoms with van der Waals surface area (Å²) >= 11 is 0. The Kier molecular flexibility index (Phi) is 2.42. The lowest BCUT2D eigenvalue weighted by Crippen LogP contribution is -2.38. The van der Waals surface area contributed by atoms with Gasteiger partial charge in [-0.1, -0.05) is 12.5 Å². The summed E-state index contributed by atoms with van der Waals surface area (Å²) in [5.41, 5.74) is 0.875. The smallest absolute Gasteiger partial charge is 0.213 e. The van der Waals surface area contributed by atoms with Crippen LogP contribution in [0.2, 0.25) is 0 Å². The highest BCUT2D eigenvalue weighted by molar-refractivity contribution is 5.25. The zero-order valence-electron chi connectivity index (χ0n) is 8.36. The molecule has 1 N–H and O–H groups in total. The van der Waals surface area contributed by atoms with E-state index in [1.165, 1.54) is 6.42 Å². The molecular formula is C11H15NO2. The minimum atomic E-state index is -0.0887. The Morgan fingerprint density at radius 2 is 2.29 bits per heavy atom. The van der Waals surface area contributed by atoms with E-state index >= 15 is 0 Å². The summed E-state index contributed by atoms with van der Waals surface area (Å²) in [6.07, 6.45) is 3.24. The van der Waals surface area contributed by atoms with Crippen LogP contribution in [0.5, 0.6) is 5.88 Å². The predicted molar refractivity (Wildman–Crippen MR) is 53.4 cm³/mol. The maximum absolute atomic E-state index is 9.37. The number of aliphatic hydroxyl groups is 1. The molecule has 1 fully saturated rings. The molecule has 0 aliphatic heterocycles. The van der Waals surface area contributed by atoms with Gasteiger partial charge in [-0.05, 0) is 18.9 Å². The minimum Gasteiger partial charge on any atom is -0.481 e. The third-order valence-electron chi connectivity index (χ3n) is 3.09. The van der Waals surface area contributed by atoms with Crippen molar-refractivity contribution in [3.63, 3.8) is 0 Å². The SMILES string of the molecule is COc1cccc(C2(CO)CCC2)n1. The van der Waals surface area contributed by atoms with Crippen LogP contribution in [0.4, 0.5) is 0 Å². The Balaban J connectivity index is 2.30. The van der Waals surface area contributed by atoms with E-state index in [-0.39, 0.29) is 12.0 Å². The molecule has 0 atom stereocenters. The second kappa shape index (κ2) is 3.58. The fourth-order valence-corrected chi connectivity index (χ4v) is 1.92. The zero-order chi connectivity index (χ0) is 10.0. The van der Waals surface area contributed by atoms with Crippen molar-refractivity contribution < 1.29 is 9.84 Å². The van der Waals surface area contributed by atoms with Crippen LogP contribution in [0.3, 0.4) is 0 Å². The third-order valence-corrected chi connectivity index (χ3v) is 3.09. The lowest BCUT2D eigenvalue weighted by atomic mass is 9.67. The number of aliphatic hydroxyl groups excluding tert-OH is 1. The van der Waals surface area contributed by atoms with Crippen molar-refractivity contribution in [2.24, 2.45) is 0 Å². The molecular weight excluding hydrogens is 178 g/mol. The molecule has 1 aliphatic rings. The summed E-state index contributed by atoms with van der Waals surface area (Å²) in [7, 11) is 1.61. The Hall–Kier alpha value is -1.09. The predicted octanol–water partition coefficient (Wildman–Crippen LogP) is 1.50. The zero-order valence-corrected chi connectivity index (χ0v) is 8.36. The first-order valence-corrected chi connectivity index (χ1v) is 4.93. The maximum atomic E-state index is 9.37. The van der Waals surface area contributed by atoms with Crippen LogP contribution in [-0.4, -0.2) is 23.8 Å². The molecule has 1 aliphatic carbocycles. The van der Waals surface area contributed by atoms with Gasteiger partial charge in [0.25, 0.3) is 0 Å². The van der Waals surface area contributed by atoms with Gasteiger partial charge >= 0.3 is 0 Å². The summed E-state index contributed by atoms with van der Waals surface area (Å²) in [5, 5.41) is 9.37. The molecule has 14 heavy (non-hydrogen) atoms. The van der Waals surface area contributed by atoms with Crippen molar-refractivity contribution in [3.05, 3.63) is 23.9 Å². The van der Waals surface area contributed by atoms with E-state index in [1.807, 2.05) is 18.2 Å². The number of hydrogen-bond acceptors (Lipinski definition) is 3. The quantitative estimate of drug-likeness (QED) is 0.791. The maximum Gasteiger partial charge on any atom is 0.213 e. The van der Waals surface area contributed by atoms with Gasteiger partial charge < -0.3 is 9.84 Å². The molecule has 0 unspecified atom stereocenters. The summed E-state index contributed by atoms with van der Waals surface area (Å²) in [5.74, 6) is 0.627. The lowest BCUT2D eigenvalue weighted by molar-refractivity contribution is 0.115. The fraction of sp³-hybridized carbons (Fsp3) is 0.545. The number of ether oxygens (including phenoxy) is 1. The average Bonchev–Trinajstić information content (AvgIpc) is 2.18. The van der Waals surface area contributed by atoms with E-state index in [0.717, 1.165) is 18.5 Å². The van der Waals surface area contributed by atoms with Gasteiger partial charge in [-0.2, -0.15) is 0 Å². The number of methoxy groups -OCH3 is 1. The normalized spacial score (nSPS) is 18.7. The van der Waals surface area contributed by atoms with Crippen molar-refractivity contribution in [1.29, 1.82) is 0 Å². The molecule has 3 nitrogen and oxygen atoms in total. The van der Waals surface area contributed by atoms with Crippen molar-refractivity contribution in [2.45, 2.75) is 24.7 Å². The molecule has 0 radical (unpaired) electrons. The molecule has 76 valence electrons. The first kappa shape index (κ1) is 9.46. The topological polar surface area (TPSA) is 42.4 Å². The highest BCUT2D eigenvalue weighted by Crippen LogP contribution is 2.42. The third kappa shape index (κ3) is 1.38. The van der Waals surface area contributed by atoms with Gasteiger partial charge in [0.05, 0.1) is 19.4 Å². The molecule has 1 saturated carbocycles. The fourth-order valence-electron chi connectivity index (χ4n) is 1.92. The standard InChI is InChI=1S/C11H15NO2/c1-14-10-5-2-4-9(12-10)11(8-13)6-3-7-11/h2,4-5,13H,3,6-8H2,1H3. The second-order valence-corrected chi connectivity index (χ2v) is 3.86. The van der Waals surface area contributed by atoms with Crippen molar-refractivity contribution in [2.75, 3.05) is 13.7 Å². The molecule has 0 saturated heterocycles. The van der Waals surface area contributed by atoms with E-state index in [4.69, 9.17) is 4.74 Å². The van der Waals surface area contributed by atoms with Crippen molar-refractivity contribution >= 4 is 0 Å². The molecule has 0 bridgehead atoms. The highest BCUT2D eigenvalue weighted by atomic mass is 16.5. The summed E-state index contributed by atoms with van der Waals surface area (Å²) < 4.78 is 5.07. The van der Waals surface area contributed by atoms with E-state index in [2.05, 4.69) is 4.98 Å². The Morgan fingerprint density at radius 1 is 1.50 bits per heavy atom. The van der Waals surface area contributed by atoms with E-state index < -0.39 is 0 Å². The average molecular weight is 193 g/mol. The van der Waals surface area contributed by atoms with Crippen LogP contribution in [0, 0.1) is 0 Å². The van der Waals surface area contributed by atoms with Gasteiger partial charge in [0.2, 0.25) is 5.88 Å². The molecule has 1 aromatic rings. The molecule has 1 aromatic heterocycles. The van der Waals surface area contributed by atoms with Gasteiger partial charge in [0.15, 0.2) is 0 Å². The van der Waals surface area contributed by atoms with Crippen LogP contribution >= 0.6 is 0 Å². The highest BCUT2D eigenvalue weighted by Gasteiger charge is 2.39. The lowest BCUT2D eigenvalue weighted by Gasteiger charge is -2.39. The Bertz CT molecular complexity index is 315. The van der Waals surface area contributed by atoms with E-state index in [1.54, 1.807) is 7.11 Å². The van der Waals surface area contributed by atoms with E-state index in [9.17, 15) is 5.11 Å². The molecule has 1 heterocycles. The summed E-state index contributed by atoms with van der Waals surface area (Å²) in [6.45, 7) is 0.188. The van der Waals surface area contributed by atoms with Crippen LogP contribution < -0.4 is 4.74 Å². The van der Waals surface area contributed by atoms with Crippen LogP contribution in [0.15, 0.2) is 18.2 Å². The largest absolute Gasteiger partial charge is 0.481 e. The molecule has 0 spiro atoms. The molecule has 0 amide bonds.